The maximum atomic E-state index is 13.7. The third kappa shape index (κ3) is 4.23. The van der Waals surface area contributed by atoms with Crippen molar-refractivity contribution in [3.8, 4) is 22.9 Å². The summed E-state index contributed by atoms with van der Waals surface area (Å²) in [6.07, 6.45) is 0. The molecule has 0 bridgehead atoms. The Morgan fingerprint density at radius 1 is 0.909 bits per heavy atom. The maximum absolute atomic E-state index is 13.7. The lowest BCUT2D eigenvalue weighted by atomic mass is 10.2. The molecule has 33 heavy (non-hydrogen) atoms. The predicted octanol–water partition coefficient (Wildman–Crippen LogP) is 4.98. The average molecular weight is 470 g/mol. The lowest BCUT2D eigenvalue weighted by Gasteiger charge is -2.17. The number of ether oxygens (including phenoxy) is 3. The van der Waals surface area contributed by atoms with Crippen LogP contribution >= 0.6 is 11.8 Å². The van der Waals surface area contributed by atoms with Crippen LogP contribution in [-0.2, 0) is 5.75 Å². The lowest BCUT2D eigenvalue weighted by molar-refractivity contribution is 0.326. The van der Waals surface area contributed by atoms with Gasteiger partial charge in [-0.1, -0.05) is 36.0 Å². The molecule has 0 saturated heterocycles. The van der Waals surface area contributed by atoms with Gasteiger partial charge in [-0.25, -0.2) is 13.8 Å². The molecule has 0 fully saturated rings. The van der Waals surface area contributed by atoms with E-state index in [0.717, 1.165) is 12.1 Å². The summed E-state index contributed by atoms with van der Waals surface area (Å²) in [6, 6.07) is 14.3. The smallest absolute Gasteiger partial charge is 0.266 e. The van der Waals surface area contributed by atoms with Gasteiger partial charge >= 0.3 is 0 Å². The number of thioether (sulfide) groups is 1. The Labute approximate surface area is 192 Å². The zero-order valence-electron chi connectivity index (χ0n) is 18.1. The van der Waals surface area contributed by atoms with Gasteiger partial charge in [0.1, 0.15) is 5.52 Å². The van der Waals surface area contributed by atoms with Gasteiger partial charge in [-0.05, 0) is 35.9 Å². The van der Waals surface area contributed by atoms with E-state index < -0.39 is 11.6 Å². The highest BCUT2D eigenvalue weighted by molar-refractivity contribution is 7.98. The molecule has 0 amide bonds. The Morgan fingerprint density at radius 3 is 2.27 bits per heavy atom. The average Bonchev–Trinajstić information content (AvgIpc) is 2.84. The molecule has 3 aromatic carbocycles. The Hall–Kier alpha value is -3.59. The van der Waals surface area contributed by atoms with E-state index in [2.05, 4.69) is 0 Å². The Morgan fingerprint density at radius 2 is 1.64 bits per heavy atom. The normalized spacial score (nSPS) is 10.9. The van der Waals surface area contributed by atoms with Crippen molar-refractivity contribution < 1.29 is 23.0 Å². The number of hydrogen-bond donors (Lipinski definition) is 0. The van der Waals surface area contributed by atoms with Crippen LogP contribution in [0.15, 0.2) is 64.5 Å². The number of benzene rings is 3. The molecule has 0 aliphatic heterocycles. The van der Waals surface area contributed by atoms with Crippen LogP contribution in [0.5, 0.6) is 17.2 Å². The minimum Gasteiger partial charge on any atom is -0.493 e. The van der Waals surface area contributed by atoms with Gasteiger partial charge in [0, 0.05) is 5.75 Å². The van der Waals surface area contributed by atoms with Gasteiger partial charge in [0.05, 0.1) is 32.4 Å². The Balaban J connectivity index is 1.94. The van der Waals surface area contributed by atoms with Crippen molar-refractivity contribution in [1.82, 2.24) is 9.55 Å². The number of hydrogen-bond acceptors (Lipinski definition) is 6. The van der Waals surface area contributed by atoms with Crippen molar-refractivity contribution in [2.75, 3.05) is 21.3 Å². The van der Waals surface area contributed by atoms with Crippen molar-refractivity contribution >= 4 is 22.7 Å². The quantitative estimate of drug-likeness (QED) is 0.280. The minimum absolute atomic E-state index is 0.261. The van der Waals surface area contributed by atoms with Crippen LogP contribution in [0.25, 0.3) is 16.6 Å². The monoisotopic (exact) mass is 470 g/mol. The largest absolute Gasteiger partial charge is 0.493 e. The van der Waals surface area contributed by atoms with Crippen molar-refractivity contribution in [2.45, 2.75) is 10.9 Å². The van der Waals surface area contributed by atoms with Gasteiger partial charge in [-0.15, -0.1) is 0 Å². The number of halogens is 2. The van der Waals surface area contributed by atoms with Crippen LogP contribution in [0.2, 0.25) is 0 Å². The van der Waals surface area contributed by atoms with E-state index in [0.29, 0.717) is 33.4 Å². The first-order chi connectivity index (χ1) is 16.0. The lowest BCUT2D eigenvalue weighted by Crippen LogP contribution is -2.22. The highest BCUT2D eigenvalue weighted by atomic mass is 32.2. The molecule has 0 aliphatic rings. The molecular formula is C24H20F2N2O4S. The zero-order chi connectivity index (χ0) is 23.5. The summed E-state index contributed by atoms with van der Waals surface area (Å²) in [7, 11) is 4.39. The maximum Gasteiger partial charge on any atom is 0.266 e. The highest BCUT2D eigenvalue weighted by Crippen LogP contribution is 2.42. The van der Waals surface area contributed by atoms with Gasteiger partial charge in [-0.3, -0.25) is 9.36 Å². The van der Waals surface area contributed by atoms with Gasteiger partial charge in [0.2, 0.25) is 5.75 Å². The molecule has 0 unspecified atom stereocenters. The Kier molecular flexibility index (Phi) is 6.50. The molecule has 0 radical (unpaired) electrons. The molecule has 0 atom stereocenters. The zero-order valence-corrected chi connectivity index (χ0v) is 18.9. The van der Waals surface area contributed by atoms with E-state index in [1.165, 1.54) is 43.7 Å². The molecular weight excluding hydrogens is 450 g/mol. The first kappa shape index (κ1) is 22.6. The second-order valence-electron chi connectivity index (χ2n) is 6.95. The highest BCUT2D eigenvalue weighted by Gasteiger charge is 2.22. The van der Waals surface area contributed by atoms with Crippen LogP contribution in [0, 0.1) is 11.6 Å². The fourth-order valence-electron chi connectivity index (χ4n) is 3.45. The van der Waals surface area contributed by atoms with Gasteiger partial charge in [-0.2, -0.15) is 0 Å². The molecule has 170 valence electrons. The first-order valence-electron chi connectivity index (χ1n) is 9.86. The fraction of sp³-hybridized carbons (Fsp3) is 0.167. The van der Waals surface area contributed by atoms with Crippen LogP contribution in [0.1, 0.15) is 5.56 Å². The van der Waals surface area contributed by atoms with Crippen LogP contribution < -0.4 is 19.8 Å². The van der Waals surface area contributed by atoms with E-state index in [-0.39, 0.29) is 22.4 Å². The number of methoxy groups -OCH3 is 3. The molecule has 4 aromatic rings. The summed E-state index contributed by atoms with van der Waals surface area (Å²) >= 11 is 1.22. The molecule has 1 heterocycles. The standard InChI is InChI=1S/C24H20F2N2O4S/c1-30-19-12-16-20(22(32-3)21(19)31-2)27-24(28(23(16)29)15-7-5-4-6-8-15)33-13-14-9-10-17(25)18(26)11-14/h4-12H,13H2,1-3H3. The van der Waals surface area contributed by atoms with E-state index in [4.69, 9.17) is 19.2 Å². The number of para-hydroxylation sites is 1. The fourth-order valence-corrected chi connectivity index (χ4v) is 4.40. The molecule has 9 heteroatoms. The second kappa shape index (κ2) is 9.50. The van der Waals surface area contributed by atoms with Gasteiger partial charge < -0.3 is 14.2 Å². The van der Waals surface area contributed by atoms with E-state index in [9.17, 15) is 13.6 Å². The minimum atomic E-state index is -0.932. The second-order valence-corrected chi connectivity index (χ2v) is 7.89. The molecule has 0 spiro atoms. The summed E-state index contributed by atoms with van der Waals surface area (Å²) in [4.78, 5) is 18.4. The van der Waals surface area contributed by atoms with Crippen molar-refractivity contribution in [1.29, 1.82) is 0 Å². The van der Waals surface area contributed by atoms with E-state index in [1.807, 2.05) is 18.2 Å². The van der Waals surface area contributed by atoms with E-state index in [1.54, 1.807) is 18.2 Å². The molecule has 1 aromatic heterocycles. The van der Waals surface area contributed by atoms with Gasteiger partial charge in [0.15, 0.2) is 28.3 Å². The number of aromatic nitrogens is 2. The topological polar surface area (TPSA) is 62.6 Å². The van der Waals surface area contributed by atoms with Crippen molar-refractivity contribution in [3.63, 3.8) is 0 Å². The van der Waals surface area contributed by atoms with Crippen LogP contribution in [0.3, 0.4) is 0 Å². The van der Waals surface area contributed by atoms with Crippen molar-refractivity contribution in [3.05, 3.63) is 82.1 Å². The SMILES string of the molecule is COc1cc2c(=O)n(-c3ccccc3)c(SCc3ccc(F)c(F)c3)nc2c(OC)c1OC. The van der Waals surface area contributed by atoms with Gasteiger partial charge in [0.25, 0.3) is 5.56 Å². The summed E-state index contributed by atoms with van der Waals surface area (Å²) in [5, 5.41) is 0.638. The first-order valence-corrected chi connectivity index (χ1v) is 10.8. The summed E-state index contributed by atoms with van der Waals surface area (Å²) in [5.41, 5.74) is 1.13. The predicted molar refractivity (Wildman–Crippen MR) is 123 cm³/mol. The number of fused-ring (bicyclic) bond motifs is 1. The summed E-state index contributed by atoms with van der Waals surface area (Å²) in [5.74, 6) is -0.676. The van der Waals surface area contributed by atoms with Crippen LogP contribution in [0.4, 0.5) is 8.78 Å². The van der Waals surface area contributed by atoms with Crippen molar-refractivity contribution in [2.24, 2.45) is 0 Å². The molecule has 0 saturated carbocycles. The van der Waals surface area contributed by atoms with Crippen LogP contribution in [-0.4, -0.2) is 30.9 Å². The van der Waals surface area contributed by atoms with E-state index >= 15 is 0 Å². The third-order valence-electron chi connectivity index (χ3n) is 5.00. The third-order valence-corrected chi connectivity index (χ3v) is 6.01. The Bertz CT molecular complexity index is 1380. The molecule has 0 N–H and O–H groups in total. The number of rotatable bonds is 7. The summed E-state index contributed by atoms with van der Waals surface area (Å²) in [6.45, 7) is 0. The summed E-state index contributed by atoms with van der Waals surface area (Å²) < 4.78 is 44.8. The molecule has 4 rings (SSSR count). The molecule has 0 aliphatic carbocycles. The molecule has 6 nitrogen and oxygen atoms in total. The number of nitrogens with zero attached hydrogens (tertiary/aromatic N) is 2.